The predicted octanol–water partition coefficient (Wildman–Crippen LogP) is 0.0233. The molecule has 0 spiro atoms. The molecule has 1 aromatic heterocycles. The number of likely N-dealkylation sites (tertiary alicyclic amines) is 1. The molecule has 84 valence electrons. The molecular formula is C10H11N3O3. The second kappa shape index (κ2) is 4.26. The highest BCUT2D eigenvalue weighted by Crippen LogP contribution is 2.18. The van der Waals surface area contributed by atoms with E-state index in [4.69, 9.17) is 5.11 Å². The summed E-state index contributed by atoms with van der Waals surface area (Å²) >= 11 is 0. The SMILES string of the molecule is O=C(O)C1CCN(C(=O)c2ccnnc2)C1. The quantitative estimate of drug-likeness (QED) is 0.761. The number of nitrogens with zero attached hydrogens (tertiary/aromatic N) is 3. The maximum Gasteiger partial charge on any atom is 0.308 e. The van der Waals surface area contributed by atoms with Crippen LogP contribution in [0.2, 0.25) is 0 Å². The topological polar surface area (TPSA) is 83.4 Å². The Morgan fingerprint density at radius 3 is 2.81 bits per heavy atom. The van der Waals surface area contributed by atoms with Crippen LogP contribution in [0.5, 0.6) is 0 Å². The minimum atomic E-state index is -0.844. The molecule has 1 aromatic rings. The number of hydrogen-bond donors (Lipinski definition) is 1. The van der Waals surface area contributed by atoms with Crippen LogP contribution in [-0.2, 0) is 4.79 Å². The lowest BCUT2D eigenvalue weighted by Gasteiger charge is -2.15. The van der Waals surface area contributed by atoms with Crippen LogP contribution in [0.1, 0.15) is 16.8 Å². The Kier molecular flexibility index (Phi) is 2.80. The molecule has 16 heavy (non-hydrogen) atoms. The van der Waals surface area contributed by atoms with Crippen LogP contribution in [0.3, 0.4) is 0 Å². The Hall–Kier alpha value is -1.98. The van der Waals surface area contributed by atoms with E-state index in [0.29, 0.717) is 18.5 Å². The molecule has 1 unspecified atom stereocenters. The molecule has 0 aliphatic carbocycles. The number of aromatic nitrogens is 2. The number of carboxylic acid groups (broad SMARTS) is 1. The third-order valence-electron chi connectivity index (χ3n) is 2.66. The Balaban J connectivity index is 2.05. The van der Waals surface area contributed by atoms with Crippen LogP contribution < -0.4 is 0 Å². The average molecular weight is 221 g/mol. The highest BCUT2D eigenvalue weighted by atomic mass is 16.4. The lowest BCUT2D eigenvalue weighted by atomic mass is 10.1. The molecule has 0 bridgehead atoms. The van der Waals surface area contributed by atoms with E-state index in [-0.39, 0.29) is 12.5 Å². The predicted molar refractivity (Wildman–Crippen MR) is 53.7 cm³/mol. The molecule has 0 saturated carbocycles. The van der Waals surface area contributed by atoms with Gasteiger partial charge >= 0.3 is 5.97 Å². The van der Waals surface area contributed by atoms with E-state index in [1.807, 2.05) is 0 Å². The lowest BCUT2D eigenvalue weighted by molar-refractivity contribution is -0.141. The highest BCUT2D eigenvalue weighted by Gasteiger charge is 2.31. The summed E-state index contributed by atoms with van der Waals surface area (Å²) in [6, 6.07) is 1.57. The highest BCUT2D eigenvalue weighted by molar-refractivity contribution is 5.94. The fraction of sp³-hybridized carbons (Fsp3) is 0.400. The van der Waals surface area contributed by atoms with Crippen molar-refractivity contribution in [1.82, 2.24) is 15.1 Å². The molecule has 1 fully saturated rings. The van der Waals surface area contributed by atoms with Crippen molar-refractivity contribution in [3.05, 3.63) is 24.0 Å². The molecule has 1 aliphatic heterocycles. The minimum absolute atomic E-state index is 0.182. The molecule has 6 nitrogen and oxygen atoms in total. The van der Waals surface area contributed by atoms with Gasteiger partial charge < -0.3 is 10.0 Å². The number of carbonyl (C=O) groups excluding carboxylic acids is 1. The summed E-state index contributed by atoms with van der Waals surface area (Å²) in [5.74, 6) is -1.47. The molecule has 2 heterocycles. The van der Waals surface area contributed by atoms with E-state index in [1.165, 1.54) is 17.3 Å². The molecule has 1 amide bonds. The Morgan fingerprint density at radius 2 is 2.25 bits per heavy atom. The van der Waals surface area contributed by atoms with Gasteiger partial charge in [0.05, 0.1) is 23.9 Å². The Labute approximate surface area is 91.9 Å². The molecule has 1 saturated heterocycles. The van der Waals surface area contributed by atoms with E-state index in [2.05, 4.69) is 10.2 Å². The van der Waals surface area contributed by atoms with Crippen molar-refractivity contribution in [3.63, 3.8) is 0 Å². The van der Waals surface area contributed by atoms with Crippen molar-refractivity contribution in [1.29, 1.82) is 0 Å². The third-order valence-corrected chi connectivity index (χ3v) is 2.66. The average Bonchev–Trinajstić information content (AvgIpc) is 2.78. The normalized spacial score (nSPS) is 19.8. The molecule has 1 aliphatic rings. The summed E-state index contributed by atoms with van der Waals surface area (Å²) in [6.07, 6.45) is 3.34. The summed E-state index contributed by atoms with van der Waals surface area (Å²) in [5, 5.41) is 16.0. The van der Waals surface area contributed by atoms with Crippen molar-refractivity contribution in [2.45, 2.75) is 6.42 Å². The van der Waals surface area contributed by atoms with Crippen LogP contribution in [-0.4, -0.2) is 45.2 Å². The van der Waals surface area contributed by atoms with Gasteiger partial charge in [0.25, 0.3) is 5.91 Å². The minimum Gasteiger partial charge on any atom is -0.481 e. The molecule has 0 radical (unpaired) electrons. The van der Waals surface area contributed by atoms with E-state index < -0.39 is 11.9 Å². The number of amides is 1. The first-order valence-corrected chi connectivity index (χ1v) is 4.97. The number of hydrogen-bond acceptors (Lipinski definition) is 4. The third kappa shape index (κ3) is 2.00. The first-order valence-electron chi connectivity index (χ1n) is 4.97. The standard InChI is InChI=1S/C10H11N3O3/c14-9(7-1-3-11-12-5-7)13-4-2-8(6-13)10(15)16/h1,3,5,8H,2,4,6H2,(H,15,16). The zero-order valence-electron chi connectivity index (χ0n) is 8.54. The Bertz CT molecular complexity index is 407. The fourth-order valence-electron chi connectivity index (χ4n) is 1.75. The smallest absolute Gasteiger partial charge is 0.308 e. The molecule has 1 N–H and O–H groups in total. The van der Waals surface area contributed by atoms with E-state index in [0.717, 1.165) is 0 Å². The molecule has 2 rings (SSSR count). The van der Waals surface area contributed by atoms with Crippen molar-refractivity contribution < 1.29 is 14.7 Å². The zero-order valence-corrected chi connectivity index (χ0v) is 8.54. The van der Waals surface area contributed by atoms with Crippen LogP contribution >= 0.6 is 0 Å². The fourth-order valence-corrected chi connectivity index (χ4v) is 1.75. The van der Waals surface area contributed by atoms with E-state index >= 15 is 0 Å². The van der Waals surface area contributed by atoms with Gasteiger partial charge in [-0.25, -0.2) is 0 Å². The van der Waals surface area contributed by atoms with E-state index in [1.54, 1.807) is 6.07 Å². The van der Waals surface area contributed by atoms with Crippen LogP contribution in [0, 0.1) is 5.92 Å². The second-order valence-corrected chi connectivity index (χ2v) is 3.71. The summed E-state index contributed by atoms with van der Waals surface area (Å²) in [4.78, 5) is 24.2. The zero-order chi connectivity index (χ0) is 11.5. The number of carbonyl (C=O) groups is 2. The summed E-state index contributed by atoms with van der Waals surface area (Å²) < 4.78 is 0. The molecule has 0 aromatic carbocycles. The van der Waals surface area contributed by atoms with Gasteiger partial charge in [-0.05, 0) is 12.5 Å². The first kappa shape index (κ1) is 10.5. The monoisotopic (exact) mass is 221 g/mol. The van der Waals surface area contributed by atoms with Gasteiger partial charge in [0.15, 0.2) is 0 Å². The first-order chi connectivity index (χ1) is 7.68. The summed E-state index contributed by atoms with van der Waals surface area (Å²) in [6.45, 7) is 0.759. The van der Waals surface area contributed by atoms with Gasteiger partial charge in [0.2, 0.25) is 0 Å². The van der Waals surface area contributed by atoms with Crippen molar-refractivity contribution in [2.75, 3.05) is 13.1 Å². The summed E-state index contributed by atoms with van der Waals surface area (Å²) in [7, 11) is 0. The van der Waals surface area contributed by atoms with Crippen LogP contribution in [0.15, 0.2) is 18.5 Å². The number of aliphatic carboxylic acids is 1. The maximum absolute atomic E-state index is 11.9. The molecule has 1 atom stereocenters. The lowest BCUT2D eigenvalue weighted by Crippen LogP contribution is -2.30. The molecular weight excluding hydrogens is 210 g/mol. The van der Waals surface area contributed by atoms with Gasteiger partial charge in [-0.2, -0.15) is 10.2 Å². The van der Waals surface area contributed by atoms with Crippen molar-refractivity contribution in [3.8, 4) is 0 Å². The number of rotatable bonds is 2. The van der Waals surface area contributed by atoms with Gasteiger partial charge in [-0.1, -0.05) is 0 Å². The van der Waals surface area contributed by atoms with Gasteiger partial charge in [-0.3, -0.25) is 9.59 Å². The molecule has 6 heteroatoms. The van der Waals surface area contributed by atoms with Gasteiger partial charge in [0.1, 0.15) is 0 Å². The van der Waals surface area contributed by atoms with Gasteiger partial charge in [0, 0.05) is 13.1 Å². The van der Waals surface area contributed by atoms with Crippen molar-refractivity contribution in [2.24, 2.45) is 5.92 Å². The van der Waals surface area contributed by atoms with Crippen LogP contribution in [0.4, 0.5) is 0 Å². The number of carboxylic acids is 1. The Morgan fingerprint density at radius 1 is 1.44 bits per heavy atom. The van der Waals surface area contributed by atoms with E-state index in [9.17, 15) is 9.59 Å². The second-order valence-electron chi connectivity index (χ2n) is 3.71. The largest absolute Gasteiger partial charge is 0.481 e. The van der Waals surface area contributed by atoms with Crippen LogP contribution in [0.25, 0.3) is 0 Å². The maximum atomic E-state index is 11.9. The van der Waals surface area contributed by atoms with Crippen molar-refractivity contribution >= 4 is 11.9 Å². The van der Waals surface area contributed by atoms with Gasteiger partial charge in [-0.15, -0.1) is 0 Å². The summed E-state index contributed by atoms with van der Waals surface area (Å²) in [5.41, 5.74) is 0.445.